The number of carbonyl (C=O) groups is 1. The molecule has 33 heavy (non-hydrogen) atoms. The number of rotatable bonds is 11. The fraction of sp³-hybridized carbons (Fsp3) is 0.346. The van der Waals surface area contributed by atoms with Gasteiger partial charge in [-0.05, 0) is 62.2 Å². The van der Waals surface area contributed by atoms with Gasteiger partial charge in [0.2, 0.25) is 0 Å². The molecule has 176 valence electrons. The predicted octanol–water partition coefficient (Wildman–Crippen LogP) is 4.21. The van der Waals surface area contributed by atoms with E-state index in [2.05, 4.69) is 9.88 Å². The zero-order chi connectivity index (χ0) is 24.0. The minimum Gasteiger partial charge on any atom is -0.497 e. The van der Waals surface area contributed by atoms with Crippen molar-refractivity contribution in [3.63, 3.8) is 0 Å². The molecule has 0 atom stereocenters. The number of aromatic nitrogens is 1. The van der Waals surface area contributed by atoms with Gasteiger partial charge in [0, 0.05) is 30.0 Å². The van der Waals surface area contributed by atoms with Crippen LogP contribution in [0.2, 0.25) is 0 Å². The van der Waals surface area contributed by atoms with E-state index in [9.17, 15) is 9.90 Å². The summed E-state index contributed by atoms with van der Waals surface area (Å²) in [6.45, 7) is 5.64. The quantitative estimate of drug-likeness (QED) is 0.424. The average Bonchev–Trinajstić information content (AvgIpc) is 3.06. The Balaban J connectivity index is 1.71. The lowest BCUT2D eigenvalue weighted by atomic mass is 10.1. The summed E-state index contributed by atoms with van der Waals surface area (Å²) in [4.78, 5) is 12.0. The Morgan fingerprint density at radius 3 is 2.18 bits per heavy atom. The number of methoxy groups -OCH3 is 3. The molecule has 0 aliphatic carbocycles. The standard InChI is InChI=1S/C26H32N2O5/c1-17-22(15-27-13-12-19-8-11-23(32-4)24(14-19)33-5)25(26(29)30)18(2)28(17)16-20-6-9-21(31-3)10-7-20/h6-11,14,27H,12-13,15-16H2,1-5H3,(H,29,30). The van der Waals surface area contributed by atoms with Gasteiger partial charge in [0.1, 0.15) is 5.75 Å². The first-order chi connectivity index (χ1) is 15.9. The van der Waals surface area contributed by atoms with E-state index in [0.717, 1.165) is 40.2 Å². The molecule has 2 N–H and O–H groups in total. The number of hydrogen-bond donors (Lipinski definition) is 2. The second-order valence-corrected chi connectivity index (χ2v) is 7.88. The minimum absolute atomic E-state index is 0.375. The molecule has 0 amide bonds. The zero-order valence-electron chi connectivity index (χ0n) is 19.9. The third-order valence-corrected chi connectivity index (χ3v) is 5.96. The van der Waals surface area contributed by atoms with Crippen LogP contribution in [0.5, 0.6) is 17.2 Å². The molecule has 3 aromatic rings. The molecule has 2 aromatic carbocycles. The highest BCUT2D eigenvalue weighted by atomic mass is 16.5. The van der Waals surface area contributed by atoms with E-state index in [4.69, 9.17) is 14.2 Å². The molecule has 0 bridgehead atoms. The minimum atomic E-state index is -0.902. The van der Waals surface area contributed by atoms with Crippen molar-refractivity contribution in [2.75, 3.05) is 27.9 Å². The molecule has 1 aromatic heterocycles. The predicted molar refractivity (Wildman–Crippen MR) is 128 cm³/mol. The molecule has 0 aliphatic heterocycles. The van der Waals surface area contributed by atoms with Crippen molar-refractivity contribution in [3.05, 3.63) is 76.1 Å². The maximum absolute atomic E-state index is 12.0. The number of nitrogens with one attached hydrogen (secondary N) is 1. The van der Waals surface area contributed by atoms with Crippen LogP contribution in [0.4, 0.5) is 0 Å². The van der Waals surface area contributed by atoms with E-state index < -0.39 is 5.97 Å². The number of carboxylic acid groups (broad SMARTS) is 1. The summed E-state index contributed by atoms with van der Waals surface area (Å²) in [7, 11) is 4.87. The van der Waals surface area contributed by atoms with Crippen molar-refractivity contribution >= 4 is 5.97 Å². The van der Waals surface area contributed by atoms with Crippen LogP contribution in [-0.2, 0) is 19.5 Å². The van der Waals surface area contributed by atoms with Crippen molar-refractivity contribution in [2.24, 2.45) is 0 Å². The van der Waals surface area contributed by atoms with E-state index in [0.29, 0.717) is 36.7 Å². The Morgan fingerprint density at radius 2 is 1.58 bits per heavy atom. The lowest BCUT2D eigenvalue weighted by molar-refractivity contribution is 0.0694. The first-order valence-corrected chi connectivity index (χ1v) is 10.9. The largest absolute Gasteiger partial charge is 0.497 e. The summed E-state index contributed by atoms with van der Waals surface area (Å²) in [5, 5.41) is 13.3. The topological polar surface area (TPSA) is 82.0 Å². The fourth-order valence-electron chi connectivity index (χ4n) is 4.08. The highest BCUT2D eigenvalue weighted by Gasteiger charge is 2.22. The van der Waals surface area contributed by atoms with Gasteiger partial charge < -0.3 is 29.2 Å². The summed E-state index contributed by atoms with van der Waals surface area (Å²) in [6.07, 6.45) is 0.785. The summed E-state index contributed by atoms with van der Waals surface area (Å²) < 4.78 is 17.9. The van der Waals surface area contributed by atoms with Crippen LogP contribution in [0.15, 0.2) is 42.5 Å². The third kappa shape index (κ3) is 5.49. The van der Waals surface area contributed by atoms with Crippen LogP contribution in [0.3, 0.4) is 0 Å². The van der Waals surface area contributed by atoms with Crippen LogP contribution in [0, 0.1) is 13.8 Å². The lowest BCUT2D eigenvalue weighted by Gasteiger charge is -2.11. The maximum atomic E-state index is 12.0. The molecule has 1 heterocycles. The highest BCUT2D eigenvalue weighted by Crippen LogP contribution is 2.28. The molecule has 0 fully saturated rings. The number of aromatic carboxylic acids is 1. The van der Waals surface area contributed by atoms with Gasteiger partial charge in [-0.3, -0.25) is 0 Å². The molecule has 7 nitrogen and oxygen atoms in total. The van der Waals surface area contributed by atoms with Gasteiger partial charge in [-0.1, -0.05) is 18.2 Å². The number of ether oxygens (including phenoxy) is 3. The van der Waals surface area contributed by atoms with Crippen LogP contribution in [0.1, 0.15) is 38.4 Å². The van der Waals surface area contributed by atoms with Crippen molar-refractivity contribution in [3.8, 4) is 17.2 Å². The Kier molecular flexibility index (Phi) is 8.01. The Bertz CT molecular complexity index is 1100. The second kappa shape index (κ2) is 10.9. The van der Waals surface area contributed by atoms with Crippen molar-refractivity contribution in [1.29, 1.82) is 0 Å². The van der Waals surface area contributed by atoms with E-state index in [1.807, 2.05) is 56.3 Å². The van der Waals surface area contributed by atoms with Crippen LogP contribution in [-0.4, -0.2) is 43.5 Å². The molecule has 0 radical (unpaired) electrons. The van der Waals surface area contributed by atoms with Crippen molar-refractivity contribution < 1.29 is 24.1 Å². The number of hydrogen-bond acceptors (Lipinski definition) is 5. The van der Waals surface area contributed by atoms with Crippen LogP contribution >= 0.6 is 0 Å². The normalized spacial score (nSPS) is 10.8. The molecular formula is C26H32N2O5. The average molecular weight is 453 g/mol. The molecule has 0 saturated carbocycles. The molecule has 7 heteroatoms. The van der Waals surface area contributed by atoms with Gasteiger partial charge in [-0.25, -0.2) is 4.79 Å². The number of nitrogens with zero attached hydrogens (tertiary/aromatic N) is 1. The lowest BCUT2D eigenvalue weighted by Crippen LogP contribution is -2.18. The Morgan fingerprint density at radius 1 is 0.909 bits per heavy atom. The molecule has 0 aliphatic rings. The molecule has 0 spiro atoms. The highest BCUT2D eigenvalue weighted by molar-refractivity contribution is 5.91. The van der Waals surface area contributed by atoms with Crippen molar-refractivity contribution in [1.82, 2.24) is 9.88 Å². The summed E-state index contributed by atoms with van der Waals surface area (Å²) in [5.41, 5.74) is 5.11. The van der Waals surface area contributed by atoms with Crippen molar-refractivity contribution in [2.45, 2.75) is 33.4 Å². The number of benzene rings is 2. The van der Waals surface area contributed by atoms with Gasteiger partial charge in [0.05, 0.1) is 26.9 Å². The molecular weight excluding hydrogens is 420 g/mol. The summed E-state index contributed by atoms with van der Waals surface area (Å²) in [6, 6.07) is 13.7. The van der Waals surface area contributed by atoms with Crippen LogP contribution in [0.25, 0.3) is 0 Å². The van der Waals surface area contributed by atoms with Gasteiger partial charge in [-0.15, -0.1) is 0 Å². The first kappa shape index (κ1) is 24.2. The summed E-state index contributed by atoms with van der Waals surface area (Å²) in [5.74, 6) is 1.29. The van der Waals surface area contributed by atoms with Gasteiger partial charge in [-0.2, -0.15) is 0 Å². The molecule has 3 rings (SSSR count). The molecule has 0 unspecified atom stereocenters. The first-order valence-electron chi connectivity index (χ1n) is 10.9. The fourth-order valence-corrected chi connectivity index (χ4v) is 4.08. The van der Waals surface area contributed by atoms with E-state index in [1.54, 1.807) is 21.3 Å². The van der Waals surface area contributed by atoms with Crippen LogP contribution < -0.4 is 19.5 Å². The monoisotopic (exact) mass is 452 g/mol. The summed E-state index contributed by atoms with van der Waals surface area (Å²) >= 11 is 0. The van der Waals surface area contributed by atoms with E-state index >= 15 is 0 Å². The van der Waals surface area contributed by atoms with Gasteiger partial charge in [0.15, 0.2) is 11.5 Å². The maximum Gasteiger partial charge on any atom is 0.337 e. The zero-order valence-corrected chi connectivity index (χ0v) is 19.9. The van der Waals surface area contributed by atoms with Gasteiger partial charge in [0.25, 0.3) is 0 Å². The Hall–Kier alpha value is -3.45. The van der Waals surface area contributed by atoms with E-state index in [1.165, 1.54) is 0 Å². The third-order valence-electron chi connectivity index (χ3n) is 5.96. The Labute approximate surface area is 194 Å². The number of carboxylic acids is 1. The second-order valence-electron chi connectivity index (χ2n) is 7.88. The smallest absolute Gasteiger partial charge is 0.337 e. The molecule has 0 saturated heterocycles. The van der Waals surface area contributed by atoms with Gasteiger partial charge >= 0.3 is 5.97 Å². The SMILES string of the molecule is COc1ccc(Cn2c(C)c(CNCCc3ccc(OC)c(OC)c3)c(C(=O)O)c2C)cc1. The van der Waals surface area contributed by atoms with E-state index in [-0.39, 0.29) is 0 Å².